The molecule has 0 bridgehead atoms. The van der Waals surface area contributed by atoms with E-state index in [4.69, 9.17) is 20.8 Å². The summed E-state index contributed by atoms with van der Waals surface area (Å²) in [5, 5.41) is 9.91. The Bertz CT molecular complexity index is 1140. The number of phenols is 1. The Kier molecular flexibility index (Phi) is 5.01. The minimum atomic E-state index is -0.326. The summed E-state index contributed by atoms with van der Waals surface area (Å²) >= 11 is 7.14. The molecule has 2 aromatic heterocycles. The summed E-state index contributed by atoms with van der Waals surface area (Å²) in [7, 11) is 2.99. The number of aromatic hydroxyl groups is 1. The van der Waals surface area contributed by atoms with Crippen LogP contribution < -0.4 is 19.5 Å². The van der Waals surface area contributed by atoms with Crippen molar-refractivity contribution < 1.29 is 19.1 Å². The average Bonchev–Trinajstić information content (AvgIpc) is 3.23. The number of hydrogen-bond acceptors (Lipinski definition) is 6. The number of thiazole rings is 1. The molecule has 0 radical (unpaired) electrons. The third kappa shape index (κ3) is 3.44. The fourth-order valence-corrected chi connectivity index (χ4v) is 3.54. The summed E-state index contributed by atoms with van der Waals surface area (Å²) < 4.78 is 12.4. The highest BCUT2D eigenvalue weighted by Gasteiger charge is 2.10. The van der Waals surface area contributed by atoms with Gasteiger partial charge in [0.15, 0.2) is 17.3 Å². The van der Waals surface area contributed by atoms with Crippen LogP contribution in [0.2, 0.25) is 5.02 Å². The Labute approximate surface area is 156 Å². The van der Waals surface area contributed by atoms with Gasteiger partial charge in [-0.2, -0.15) is 0 Å². The lowest BCUT2D eigenvalue weighted by Gasteiger charge is -2.05. The maximum Gasteiger partial charge on any atom is 0.268 e. The highest BCUT2D eigenvalue weighted by atomic mass is 35.5. The lowest BCUT2D eigenvalue weighted by molar-refractivity contribution is 0.103. The van der Waals surface area contributed by atoms with Crippen LogP contribution in [0.15, 0.2) is 39.7 Å². The summed E-state index contributed by atoms with van der Waals surface area (Å²) in [6, 6.07) is 6.27. The third-order valence-corrected chi connectivity index (χ3v) is 5.05. The lowest BCUT2D eigenvalue weighted by atomic mass is 10.2. The number of nitrogens with zero attached hydrogens (tertiary/aromatic N) is 1. The van der Waals surface area contributed by atoms with E-state index in [0.717, 1.165) is 11.3 Å². The Morgan fingerprint density at radius 3 is 2.85 bits per heavy atom. The van der Waals surface area contributed by atoms with Crippen LogP contribution in [0.1, 0.15) is 16.1 Å². The van der Waals surface area contributed by atoms with E-state index in [2.05, 4.69) is 0 Å². The molecule has 0 amide bonds. The number of methoxy groups -OCH3 is 1. The zero-order valence-corrected chi connectivity index (χ0v) is 15.4. The second-order valence-corrected chi connectivity index (χ2v) is 6.82. The molecule has 0 spiro atoms. The van der Waals surface area contributed by atoms with Crippen molar-refractivity contribution in [2.45, 2.75) is 0 Å². The number of aromatic nitrogens is 1. The monoisotopic (exact) mass is 391 g/mol. The molecular weight excluding hydrogens is 378 g/mol. The van der Waals surface area contributed by atoms with Gasteiger partial charge >= 0.3 is 0 Å². The van der Waals surface area contributed by atoms with Crippen LogP contribution in [0, 0.1) is 0 Å². The molecule has 0 unspecified atom stereocenters. The molecule has 0 aliphatic heterocycles. The van der Waals surface area contributed by atoms with Crippen molar-refractivity contribution in [2.75, 3.05) is 7.11 Å². The van der Waals surface area contributed by atoms with Gasteiger partial charge in [0.2, 0.25) is 5.78 Å². The zero-order chi connectivity index (χ0) is 18.8. The van der Waals surface area contributed by atoms with Crippen molar-refractivity contribution in [1.29, 1.82) is 0 Å². The maximum atomic E-state index is 12.4. The first-order valence-corrected chi connectivity index (χ1v) is 8.63. The fourth-order valence-electron chi connectivity index (χ4n) is 2.29. The van der Waals surface area contributed by atoms with E-state index < -0.39 is 0 Å². The third-order valence-electron chi connectivity index (χ3n) is 3.65. The van der Waals surface area contributed by atoms with Crippen LogP contribution in [0.4, 0.5) is 0 Å². The Hall–Kier alpha value is -2.77. The summed E-state index contributed by atoms with van der Waals surface area (Å²) in [5.74, 6) is -0.0837. The first-order valence-electron chi connectivity index (χ1n) is 7.44. The Morgan fingerprint density at radius 1 is 1.42 bits per heavy atom. The standard InChI is InChI=1S/C18H14ClNO5S/c1-20-16(9-12(21)13-4-3-5-25-13)26-15(18(20)23)8-10-6-11(19)17(22)14(7-10)24-2/h3-9,22H,1-2H3. The number of carbonyl (C=O) groups excluding carboxylic acids is 1. The molecule has 6 nitrogen and oxygen atoms in total. The van der Waals surface area contributed by atoms with Crippen LogP contribution in [0.3, 0.4) is 0 Å². The molecule has 0 aliphatic rings. The number of phenolic OH excluding ortho intramolecular Hbond substituents is 1. The number of ether oxygens (including phenoxy) is 1. The molecule has 8 heteroatoms. The molecule has 1 N–H and O–H groups in total. The first-order chi connectivity index (χ1) is 12.4. The highest BCUT2D eigenvalue weighted by molar-refractivity contribution is 7.07. The predicted octanol–water partition coefficient (Wildman–Crippen LogP) is 1.90. The number of rotatable bonds is 4. The van der Waals surface area contributed by atoms with E-state index in [-0.39, 0.29) is 33.6 Å². The highest BCUT2D eigenvalue weighted by Crippen LogP contribution is 2.34. The van der Waals surface area contributed by atoms with Gasteiger partial charge in [-0.05, 0) is 35.9 Å². The molecule has 134 valence electrons. The average molecular weight is 392 g/mol. The van der Waals surface area contributed by atoms with Crippen molar-refractivity contribution >= 4 is 40.9 Å². The summed E-state index contributed by atoms with van der Waals surface area (Å²) in [6.45, 7) is 0. The topological polar surface area (TPSA) is 81.7 Å². The van der Waals surface area contributed by atoms with Crippen molar-refractivity contribution in [3.8, 4) is 11.5 Å². The van der Waals surface area contributed by atoms with E-state index in [9.17, 15) is 14.7 Å². The van der Waals surface area contributed by atoms with Crippen LogP contribution in [0.25, 0.3) is 12.2 Å². The fraction of sp³-hybridized carbons (Fsp3) is 0.111. The summed E-state index contributed by atoms with van der Waals surface area (Å²) in [4.78, 5) is 24.6. The number of benzene rings is 1. The van der Waals surface area contributed by atoms with Gasteiger partial charge < -0.3 is 18.8 Å². The number of carbonyl (C=O) groups is 1. The van der Waals surface area contributed by atoms with Crippen molar-refractivity contribution in [3.05, 3.63) is 66.4 Å². The number of furan rings is 1. The van der Waals surface area contributed by atoms with Gasteiger partial charge in [0.1, 0.15) is 4.66 Å². The van der Waals surface area contributed by atoms with Gasteiger partial charge in [0.25, 0.3) is 5.56 Å². The molecule has 26 heavy (non-hydrogen) atoms. The van der Waals surface area contributed by atoms with Gasteiger partial charge in [-0.15, -0.1) is 11.3 Å². The molecule has 3 aromatic rings. The summed E-state index contributed by atoms with van der Waals surface area (Å²) in [6.07, 6.45) is 4.39. The molecule has 0 saturated carbocycles. The maximum absolute atomic E-state index is 12.4. The van der Waals surface area contributed by atoms with Crippen molar-refractivity contribution in [2.24, 2.45) is 7.05 Å². The quantitative estimate of drug-likeness (QED) is 0.687. The smallest absolute Gasteiger partial charge is 0.268 e. The number of Topliss-reactive ketones (excluding diaryl/α,β-unsaturated/α-hetero) is 1. The van der Waals surface area contributed by atoms with Crippen molar-refractivity contribution in [1.82, 2.24) is 4.57 Å². The zero-order valence-electron chi connectivity index (χ0n) is 13.9. The molecule has 1 aromatic carbocycles. The van der Waals surface area contributed by atoms with Crippen LogP contribution >= 0.6 is 22.9 Å². The second kappa shape index (κ2) is 7.23. The minimum Gasteiger partial charge on any atom is -0.503 e. The molecule has 0 fully saturated rings. The Balaban J connectivity index is 2.11. The van der Waals surface area contributed by atoms with Gasteiger partial charge in [0.05, 0.1) is 22.9 Å². The van der Waals surface area contributed by atoms with E-state index in [1.54, 1.807) is 31.3 Å². The molecule has 3 rings (SSSR count). The van der Waals surface area contributed by atoms with E-state index in [1.165, 1.54) is 30.1 Å². The van der Waals surface area contributed by atoms with Crippen LogP contribution in [0.5, 0.6) is 11.5 Å². The van der Waals surface area contributed by atoms with Gasteiger partial charge in [-0.3, -0.25) is 9.59 Å². The second-order valence-electron chi connectivity index (χ2n) is 5.35. The minimum absolute atomic E-state index is 0.115. The van der Waals surface area contributed by atoms with Gasteiger partial charge in [-0.1, -0.05) is 11.6 Å². The van der Waals surface area contributed by atoms with Gasteiger partial charge in [-0.25, -0.2) is 0 Å². The molecule has 0 saturated heterocycles. The predicted molar refractivity (Wildman–Crippen MR) is 99.5 cm³/mol. The van der Waals surface area contributed by atoms with E-state index >= 15 is 0 Å². The molecular formula is C18H14ClNO5S. The molecule has 0 atom stereocenters. The number of hydrogen-bond donors (Lipinski definition) is 1. The number of halogens is 1. The van der Waals surface area contributed by atoms with Crippen molar-refractivity contribution in [3.63, 3.8) is 0 Å². The normalized spacial score (nSPS) is 12.6. The largest absolute Gasteiger partial charge is 0.503 e. The first kappa shape index (κ1) is 18.0. The SMILES string of the molecule is COc1cc(C=c2sc(=CC(=O)c3ccco3)n(C)c2=O)cc(Cl)c1O. The Morgan fingerprint density at radius 2 is 2.19 bits per heavy atom. The van der Waals surface area contributed by atoms with Gasteiger partial charge in [0, 0.05) is 13.1 Å². The van der Waals surface area contributed by atoms with E-state index in [0.29, 0.717) is 14.8 Å². The lowest BCUT2D eigenvalue weighted by Crippen LogP contribution is -2.29. The van der Waals surface area contributed by atoms with Crippen LogP contribution in [-0.2, 0) is 7.05 Å². The van der Waals surface area contributed by atoms with Crippen LogP contribution in [-0.4, -0.2) is 22.6 Å². The molecule has 2 heterocycles. The summed E-state index contributed by atoms with van der Waals surface area (Å²) in [5.41, 5.74) is 0.337. The van der Waals surface area contributed by atoms with E-state index in [1.807, 2.05) is 0 Å². The molecule has 0 aliphatic carbocycles. The number of ketones is 1.